The molecule has 0 radical (unpaired) electrons. The standard InChI is InChI=1S/C16H20N2O/c1-4-17-11-14-9-13(3)18-16(10-14)19-15-7-5-12(2)6-8-15/h5-10,17H,4,11H2,1-3H3. The SMILES string of the molecule is CCNCc1cc(C)nc(Oc2ccc(C)cc2)c1. The number of benzene rings is 1. The number of aromatic nitrogens is 1. The van der Waals surface area contributed by atoms with Crippen LogP contribution in [-0.2, 0) is 6.54 Å². The van der Waals surface area contributed by atoms with E-state index in [0.717, 1.165) is 24.5 Å². The quantitative estimate of drug-likeness (QED) is 0.887. The fraction of sp³-hybridized carbons (Fsp3) is 0.312. The van der Waals surface area contributed by atoms with E-state index in [4.69, 9.17) is 4.74 Å². The molecule has 1 aromatic heterocycles. The molecule has 0 aliphatic heterocycles. The summed E-state index contributed by atoms with van der Waals surface area (Å²) in [6.07, 6.45) is 0. The third kappa shape index (κ3) is 4.07. The van der Waals surface area contributed by atoms with Crippen LogP contribution in [0.15, 0.2) is 36.4 Å². The lowest BCUT2D eigenvalue weighted by atomic mass is 10.2. The van der Waals surface area contributed by atoms with Crippen LogP contribution in [0.1, 0.15) is 23.7 Å². The van der Waals surface area contributed by atoms with Crippen molar-refractivity contribution in [3.63, 3.8) is 0 Å². The molecular weight excluding hydrogens is 236 g/mol. The van der Waals surface area contributed by atoms with Gasteiger partial charge in [0.15, 0.2) is 0 Å². The second-order valence-corrected chi connectivity index (χ2v) is 4.65. The van der Waals surface area contributed by atoms with Crippen molar-refractivity contribution in [3.05, 3.63) is 53.2 Å². The molecule has 1 N–H and O–H groups in total. The number of hydrogen-bond donors (Lipinski definition) is 1. The molecule has 0 saturated carbocycles. The third-order valence-corrected chi connectivity index (χ3v) is 2.81. The molecule has 2 rings (SSSR count). The zero-order valence-corrected chi connectivity index (χ0v) is 11.7. The van der Waals surface area contributed by atoms with Gasteiger partial charge in [0.1, 0.15) is 5.75 Å². The summed E-state index contributed by atoms with van der Waals surface area (Å²) in [6.45, 7) is 7.93. The minimum Gasteiger partial charge on any atom is -0.439 e. The van der Waals surface area contributed by atoms with Crippen molar-refractivity contribution >= 4 is 0 Å². The van der Waals surface area contributed by atoms with Crippen LogP contribution in [0.2, 0.25) is 0 Å². The Morgan fingerprint density at radius 1 is 1.11 bits per heavy atom. The van der Waals surface area contributed by atoms with Crippen LogP contribution in [0, 0.1) is 13.8 Å². The predicted octanol–water partition coefficient (Wildman–Crippen LogP) is 3.60. The summed E-state index contributed by atoms with van der Waals surface area (Å²) in [5, 5.41) is 3.31. The first-order chi connectivity index (χ1) is 9.17. The molecule has 0 saturated heterocycles. The minimum absolute atomic E-state index is 0.650. The van der Waals surface area contributed by atoms with Gasteiger partial charge in [-0.25, -0.2) is 4.98 Å². The highest BCUT2D eigenvalue weighted by Gasteiger charge is 2.03. The maximum atomic E-state index is 5.80. The van der Waals surface area contributed by atoms with Gasteiger partial charge < -0.3 is 10.1 Å². The van der Waals surface area contributed by atoms with Crippen LogP contribution in [0.25, 0.3) is 0 Å². The van der Waals surface area contributed by atoms with E-state index in [1.165, 1.54) is 11.1 Å². The van der Waals surface area contributed by atoms with Crippen molar-refractivity contribution < 1.29 is 4.74 Å². The Morgan fingerprint density at radius 2 is 1.84 bits per heavy atom. The van der Waals surface area contributed by atoms with Crippen molar-refractivity contribution in [3.8, 4) is 11.6 Å². The summed E-state index contributed by atoms with van der Waals surface area (Å²) in [5.41, 5.74) is 3.38. The van der Waals surface area contributed by atoms with Gasteiger partial charge in [-0.1, -0.05) is 24.6 Å². The van der Waals surface area contributed by atoms with Gasteiger partial charge in [-0.2, -0.15) is 0 Å². The summed E-state index contributed by atoms with van der Waals surface area (Å²) in [6, 6.07) is 12.0. The Kier molecular flexibility index (Phi) is 4.53. The number of nitrogens with one attached hydrogen (secondary N) is 1. The van der Waals surface area contributed by atoms with Gasteiger partial charge in [0.2, 0.25) is 5.88 Å². The molecule has 0 fully saturated rings. The van der Waals surface area contributed by atoms with Crippen molar-refractivity contribution in [2.45, 2.75) is 27.3 Å². The average molecular weight is 256 g/mol. The van der Waals surface area contributed by atoms with Crippen LogP contribution < -0.4 is 10.1 Å². The molecule has 3 nitrogen and oxygen atoms in total. The van der Waals surface area contributed by atoms with E-state index < -0.39 is 0 Å². The molecule has 0 aliphatic rings. The highest BCUT2D eigenvalue weighted by atomic mass is 16.5. The summed E-state index contributed by atoms with van der Waals surface area (Å²) < 4.78 is 5.80. The van der Waals surface area contributed by atoms with E-state index in [0.29, 0.717) is 5.88 Å². The summed E-state index contributed by atoms with van der Waals surface area (Å²) >= 11 is 0. The number of aryl methyl sites for hydroxylation is 2. The zero-order valence-electron chi connectivity index (χ0n) is 11.7. The van der Waals surface area contributed by atoms with E-state index in [1.807, 2.05) is 37.3 Å². The lowest BCUT2D eigenvalue weighted by Crippen LogP contribution is -2.12. The molecule has 19 heavy (non-hydrogen) atoms. The van der Waals surface area contributed by atoms with E-state index in [2.05, 4.69) is 30.2 Å². The second-order valence-electron chi connectivity index (χ2n) is 4.65. The monoisotopic (exact) mass is 256 g/mol. The molecule has 0 aliphatic carbocycles. The topological polar surface area (TPSA) is 34.2 Å². The zero-order chi connectivity index (χ0) is 13.7. The highest BCUT2D eigenvalue weighted by molar-refractivity contribution is 5.32. The first-order valence-corrected chi connectivity index (χ1v) is 6.60. The van der Waals surface area contributed by atoms with Gasteiger partial charge in [0, 0.05) is 18.3 Å². The number of pyridine rings is 1. The molecule has 0 amide bonds. The molecule has 0 unspecified atom stereocenters. The van der Waals surface area contributed by atoms with E-state index in [1.54, 1.807) is 0 Å². The highest BCUT2D eigenvalue weighted by Crippen LogP contribution is 2.21. The van der Waals surface area contributed by atoms with Crippen LogP contribution >= 0.6 is 0 Å². The molecule has 100 valence electrons. The van der Waals surface area contributed by atoms with Crippen LogP contribution in [-0.4, -0.2) is 11.5 Å². The first kappa shape index (κ1) is 13.6. The fourth-order valence-corrected chi connectivity index (χ4v) is 1.86. The van der Waals surface area contributed by atoms with Gasteiger partial charge in [-0.05, 0) is 44.2 Å². The maximum Gasteiger partial charge on any atom is 0.219 e. The number of hydrogen-bond acceptors (Lipinski definition) is 3. The van der Waals surface area contributed by atoms with Crippen molar-refractivity contribution in [1.29, 1.82) is 0 Å². The molecule has 0 spiro atoms. The van der Waals surface area contributed by atoms with E-state index in [-0.39, 0.29) is 0 Å². The Balaban J connectivity index is 2.15. The van der Waals surface area contributed by atoms with E-state index in [9.17, 15) is 0 Å². The van der Waals surface area contributed by atoms with Crippen LogP contribution in [0.4, 0.5) is 0 Å². The smallest absolute Gasteiger partial charge is 0.219 e. The number of nitrogens with zero attached hydrogens (tertiary/aromatic N) is 1. The lowest BCUT2D eigenvalue weighted by Gasteiger charge is -2.09. The molecule has 1 heterocycles. The van der Waals surface area contributed by atoms with Crippen LogP contribution in [0.5, 0.6) is 11.6 Å². The van der Waals surface area contributed by atoms with Gasteiger partial charge >= 0.3 is 0 Å². The molecule has 3 heteroatoms. The average Bonchev–Trinajstić information content (AvgIpc) is 2.38. The van der Waals surface area contributed by atoms with Crippen molar-refractivity contribution in [2.75, 3.05) is 6.54 Å². The number of ether oxygens (including phenoxy) is 1. The van der Waals surface area contributed by atoms with Crippen molar-refractivity contribution in [1.82, 2.24) is 10.3 Å². The Bertz CT molecular complexity index is 535. The van der Waals surface area contributed by atoms with Crippen LogP contribution in [0.3, 0.4) is 0 Å². The Morgan fingerprint density at radius 3 is 2.53 bits per heavy atom. The lowest BCUT2D eigenvalue weighted by molar-refractivity contribution is 0.460. The first-order valence-electron chi connectivity index (χ1n) is 6.60. The van der Waals surface area contributed by atoms with E-state index >= 15 is 0 Å². The maximum absolute atomic E-state index is 5.80. The van der Waals surface area contributed by atoms with Gasteiger partial charge in [0.25, 0.3) is 0 Å². The Labute approximate surface area is 114 Å². The molecule has 0 bridgehead atoms. The minimum atomic E-state index is 0.650. The summed E-state index contributed by atoms with van der Waals surface area (Å²) in [4.78, 5) is 4.41. The van der Waals surface area contributed by atoms with Crippen molar-refractivity contribution in [2.24, 2.45) is 0 Å². The fourth-order valence-electron chi connectivity index (χ4n) is 1.86. The van der Waals surface area contributed by atoms with Gasteiger partial charge in [0.05, 0.1) is 0 Å². The normalized spacial score (nSPS) is 10.5. The molecule has 1 aromatic carbocycles. The third-order valence-electron chi connectivity index (χ3n) is 2.81. The van der Waals surface area contributed by atoms with Gasteiger partial charge in [-0.15, -0.1) is 0 Å². The summed E-state index contributed by atoms with van der Waals surface area (Å²) in [7, 11) is 0. The predicted molar refractivity (Wildman–Crippen MR) is 77.6 cm³/mol. The van der Waals surface area contributed by atoms with Gasteiger partial charge in [-0.3, -0.25) is 0 Å². The Hall–Kier alpha value is -1.87. The molecule has 0 atom stereocenters. The molecular formula is C16H20N2O. The largest absolute Gasteiger partial charge is 0.439 e. The summed E-state index contributed by atoms with van der Waals surface area (Å²) in [5.74, 6) is 1.47. The number of rotatable bonds is 5. The molecule has 2 aromatic rings. The second kappa shape index (κ2) is 6.34.